The summed E-state index contributed by atoms with van der Waals surface area (Å²) >= 11 is 0. The highest BCUT2D eigenvalue weighted by atomic mass is 16.5. The highest BCUT2D eigenvalue weighted by molar-refractivity contribution is 5.69. The SMILES string of the molecule is CCOC(=O)CCN1CC2CCCCN2CC1C. The van der Waals surface area contributed by atoms with Crippen LogP contribution in [0.25, 0.3) is 0 Å². The zero-order chi connectivity index (χ0) is 13.0. The Hall–Kier alpha value is -0.610. The lowest BCUT2D eigenvalue weighted by molar-refractivity contribution is -0.143. The number of piperazine rings is 1. The van der Waals surface area contributed by atoms with Crippen LogP contribution in [0, 0.1) is 0 Å². The molecule has 0 aromatic rings. The van der Waals surface area contributed by atoms with Gasteiger partial charge in [0, 0.05) is 31.7 Å². The van der Waals surface area contributed by atoms with E-state index >= 15 is 0 Å². The highest BCUT2D eigenvalue weighted by Crippen LogP contribution is 2.23. The van der Waals surface area contributed by atoms with Crippen molar-refractivity contribution in [3.8, 4) is 0 Å². The second kappa shape index (κ2) is 6.53. The van der Waals surface area contributed by atoms with E-state index in [-0.39, 0.29) is 5.97 Å². The number of rotatable bonds is 4. The summed E-state index contributed by atoms with van der Waals surface area (Å²) in [4.78, 5) is 16.5. The molecule has 4 nitrogen and oxygen atoms in total. The maximum atomic E-state index is 11.4. The molecule has 0 saturated carbocycles. The normalized spacial score (nSPS) is 29.9. The van der Waals surface area contributed by atoms with Crippen molar-refractivity contribution in [3.05, 3.63) is 0 Å². The monoisotopic (exact) mass is 254 g/mol. The van der Waals surface area contributed by atoms with Gasteiger partial charge in [0.25, 0.3) is 0 Å². The van der Waals surface area contributed by atoms with Crippen LogP contribution < -0.4 is 0 Å². The van der Waals surface area contributed by atoms with Gasteiger partial charge < -0.3 is 4.74 Å². The standard InChI is InChI=1S/C14H26N2O2/c1-3-18-14(17)7-9-15-11-13-6-4-5-8-16(13)10-12(15)2/h12-13H,3-11H2,1-2H3. The molecule has 2 heterocycles. The Balaban J connectivity index is 1.79. The van der Waals surface area contributed by atoms with Gasteiger partial charge >= 0.3 is 5.97 Å². The maximum absolute atomic E-state index is 11.4. The van der Waals surface area contributed by atoms with Crippen molar-refractivity contribution in [1.82, 2.24) is 9.80 Å². The van der Waals surface area contributed by atoms with Crippen LogP contribution in [-0.4, -0.2) is 60.6 Å². The minimum absolute atomic E-state index is 0.0595. The molecule has 0 aliphatic carbocycles. The predicted octanol–water partition coefficient (Wildman–Crippen LogP) is 1.50. The lowest BCUT2D eigenvalue weighted by Gasteiger charge is -2.47. The number of ether oxygens (including phenoxy) is 1. The Kier molecular flexibility index (Phi) is 5.01. The van der Waals surface area contributed by atoms with Crippen LogP contribution in [-0.2, 0) is 9.53 Å². The van der Waals surface area contributed by atoms with Gasteiger partial charge in [-0.25, -0.2) is 0 Å². The molecule has 0 spiro atoms. The van der Waals surface area contributed by atoms with Crippen molar-refractivity contribution in [3.63, 3.8) is 0 Å². The summed E-state index contributed by atoms with van der Waals surface area (Å²) in [5, 5.41) is 0. The number of piperidine rings is 1. The first kappa shape index (κ1) is 13.8. The molecule has 2 aliphatic rings. The van der Waals surface area contributed by atoms with Gasteiger partial charge in [0.15, 0.2) is 0 Å². The fourth-order valence-electron chi connectivity index (χ4n) is 3.19. The average Bonchev–Trinajstić information content (AvgIpc) is 2.36. The summed E-state index contributed by atoms with van der Waals surface area (Å²) in [5.74, 6) is -0.0595. The van der Waals surface area contributed by atoms with Crippen molar-refractivity contribution in [2.75, 3.05) is 32.8 Å². The van der Waals surface area contributed by atoms with E-state index in [1.54, 1.807) is 0 Å². The molecule has 18 heavy (non-hydrogen) atoms. The molecule has 0 radical (unpaired) electrons. The van der Waals surface area contributed by atoms with E-state index in [1.807, 2.05) is 6.92 Å². The summed E-state index contributed by atoms with van der Waals surface area (Å²) < 4.78 is 5.00. The number of esters is 1. The third kappa shape index (κ3) is 3.45. The van der Waals surface area contributed by atoms with Crippen LogP contribution in [0.3, 0.4) is 0 Å². The second-order valence-electron chi connectivity index (χ2n) is 5.54. The molecule has 2 rings (SSSR count). The quantitative estimate of drug-likeness (QED) is 0.712. The summed E-state index contributed by atoms with van der Waals surface area (Å²) in [6.45, 7) is 9.03. The van der Waals surface area contributed by atoms with Gasteiger partial charge in [-0.2, -0.15) is 0 Å². The first-order valence-electron chi connectivity index (χ1n) is 7.34. The molecule has 2 atom stereocenters. The number of fused-ring (bicyclic) bond motifs is 1. The van der Waals surface area contributed by atoms with E-state index in [0.717, 1.165) is 25.7 Å². The van der Waals surface area contributed by atoms with Crippen molar-refractivity contribution < 1.29 is 9.53 Å². The number of carbonyl (C=O) groups is 1. The number of hydrogen-bond donors (Lipinski definition) is 0. The Morgan fingerprint density at radius 3 is 2.94 bits per heavy atom. The maximum Gasteiger partial charge on any atom is 0.307 e. The van der Waals surface area contributed by atoms with E-state index < -0.39 is 0 Å². The van der Waals surface area contributed by atoms with Crippen LogP contribution in [0.5, 0.6) is 0 Å². The summed E-state index contributed by atoms with van der Waals surface area (Å²) in [5.41, 5.74) is 0. The van der Waals surface area contributed by atoms with Gasteiger partial charge in [-0.05, 0) is 33.2 Å². The molecule has 2 saturated heterocycles. The third-order valence-corrected chi connectivity index (χ3v) is 4.22. The lowest BCUT2D eigenvalue weighted by atomic mass is 9.97. The van der Waals surface area contributed by atoms with Crippen LogP contribution in [0.2, 0.25) is 0 Å². The minimum atomic E-state index is -0.0595. The van der Waals surface area contributed by atoms with E-state index in [0.29, 0.717) is 19.1 Å². The summed E-state index contributed by atoms with van der Waals surface area (Å²) in [6, 6.07) is 1.28. The van der Waals surface area contributed by atoms with Gasteiger partial charge in [-0.3, -0.25) is 14.6 Å². The van der Waals surface area contributed by atoms with E-state index in [1.165, 1.54) is 25.8 Å². The van der Waals surface area contributed by atoms with Crippen LogP contribution in [0.1, 0.15) is 39.5 Å². The lowest BCUT2D eigenvalue weighted by Crippen LogP contribution is -2.58. The number of carbonyl (C=O) groups excluding carboxylic acids is 1. The Morgan fingerprint density at radius 1 is 1.33 bits per heavy atom. The average molecular weight is 254 g/mol. The molecular formula is C14H26N2O2. The Morgan fingerprint density at radius 2 is 2.17 bits per heavy atom. The van der Waals surface area contributed by atoms with Gasteiger partial charge in [0.1, 0.15) is 0 Å². The summed E-state index contributed by atoms with van der Waals surface area (Å²) in [6.07, 6.45) is 4.57. The van der Waals surface area contributed by atoms with E-state index in [9.17, 15) is 4.79 Å². The number of nitrogens with zero attached hydrogens (tertiary/aromatic N) is 2. The van der Waals surface area contributed by atoms with Gasteiger partial charge in [-0.1, -0.05) is 6.42 Å². The first-order valence-corrected chi connectivity index (χ1v) is 7.34. The molecule has 0 N–H and O–H groups in total. The molecule has 4 heteroatoms. The fraction of sp³-hybridized carbons (Fsp3) is 0.929. The Bertz CT molecular complexity index is 283. The fourth-order valence-corrected chi connectivity index (χ4v) is 3.19. The van der Waals surface area contributed by atoms with Crippen molar-refractivity contribution in [1.29, 1.82) is 0 Å². The molecule has 2 unspecified atom stereocenters. The molecular weight excluding hydrogens is 228 g/mol. The smallest absolute Gasteiger partial charge is 0.307 e. The second-order valence-corrected chi connectivity index (χ2v) is 5.54. The zero-order valence-electron chi connectivity index (χ0n) is 11.7. The van der Waals surface area contributed by atoms with Crippen LogP contribution in [0.4, 0.5) is 0 Å². The van der Waals surface area contributed by atoms with E-state index in [4.69, 9.17) is 4.74 Å². The van der Waals surface area contributed by atoms with Gasteiger partial charge in [0.05, 0.1) is 13.0 Å². The van der Waals surface area contributed by atoms with Crippen LogP contribution in [0.15, 0.2) is 0 Å². The first-order chi connectivity index (χ1) is 8.70. The van der Waals surface area contributed by atoms with Crippen molar-refractivity contribution in [2.45, 2.75) is 51.6 Å². The van der Waals surface area contributed by atoms with Gasteiger partial charge in [-0.15, -0.1) is 0 Å². The molecule has 0 aromatic carbocycles. The largest absolute Gasteiger partial charge is 0.466 e. The minimum Gasteiger partial charge on any atom is -0.466 e. The predicted molar refractivity (Wildman–Crippen MR) is 71.5 cm³/mol. The molecule has 0 aromatic heterocycles. The topological polar surface area (TPSA) is 32.8 Å². The van der Waals surface area contributed by atoms with Crippen LogP contribution >= 0.6 is 0 Å². The highest BCUT2D eigenvalue weighted by Gasteiger charge is 2.32. The zero-order valence-corrected chi connectivity index (χ0v) is 11.7. The van der Waals surface area contributed by atoms with Gasteiger partial charge in [0.2, 0.25) is 0 Å². The molecule has 0 bridgehead atoms. The molecule has 104 valence electrons. The van der Waals surface area contributed by atoms with E-state index in [2.05, 4.69) is 16.7 Å². The van der Waals surface area contributed by atoms with Crippen molar-refractivity contribution in [2.24, 2.45) is 0 Å². The third-order valence-electron chi connectivity index (χ3n) is 4.22. The number of hydrogen-bond acceptors (Lipinski definition) is 4. The molecule has 2 aliphatic heterocycles. The summed E-state index contributed by atoms with van der Waals surface area (Å²) in [7, 11) is 0. The molecule has 0 amide bonds. The van der Waals surface area contributed by atoms with Crippen molar-refractivity contribution >= 4 is 5.97 Å². The Labute approximate surface area is 110 Å². The molecule has 2 fully saturated rings.